The molecule has 0 aliphatic rings. The van der Waals surface area contributed by atoms with Gasteiger partial charge in [-0.15, -0.1) is 0 Å². The first-order valence-electron chi connectivity index (χ1n) is 8.92. The lowest BCUT2D eigenvalue weighted by Crippen LogP contribution is -2.46. The number of rotatable bonds is 7. The van der Waals surface area contributed by atoms with Crippen molar-refractivity contribution in [3.8, 4) is 0 Å². The second-order valence-electron chi connectivity index (χ2n) is 6.60. The lowest BCUT2D eigenvalue weighted by Gasteiger charge is -2.27. The number of nitrogens with zero attached hydrogens (tertiary/aromatic N) is 2. The molecule has 3 aromatic rings. The zero-order chi connectivity index (χ0) is 21.9. The summed E-state index contributed by atoms with van der Waals surface area (Å²) in [6.45, 7) is 0.861. The van der Waals surface area contributed by atoms with Crippen molar-refractivity contribution in [3.05, 3.63) is 82.4 Å². The molecule has 3 aromatic carbocycles. The smallest absolute Gasteiger partial charge is 0.273 e. The number of hydrogen-bond acceptors (Lipinski definition) is 6. The van der Waals surface area contributed by atoms with Crippen molar-refractivity contribution < 1.29 is 23.3 Å². The molecule has 0 aromatic heterocycles. The molecule has 0 saturated carbocycles. The lowest BCUT2D eigenvalue weighted by atomic mass is 10.1. The van der Waals surface area contributed by atoms with E-state index < -0.39 is 33.4 Å². The van der Waals surface area contributed by atoms with Gasteiger partial charge in [0.1, 0.15) is 6.04 Å². The van der Waals surface area contributed by atoms with Gasteiger partial charge in [0.2, 0.25) is 10.0 Å². The Kier molecular flexibility index (Phi) is 6.11. The second-order valence-corrected chi connectivity index (χ2v) is 8.49. The Morgan fingerprint density at radius 1 is 1.10 bits per heavy atom. The molecule has 2 N–H and O–H groups in total. The topological polar surface area (TPSA) is 130 Å². The minimum absolute atomic E-state index is 0.0719. The average molecular weight is 429 g/mol. The first-order valence-corrected chi connectivity index (χ1v) is 10.4. The van der Waals surface area contributed by atoms with Crippen LogP contribution in [0.1, 0.15) is 12.5 Å². The van der Waals surface area contributed by atoms with Crippen molar-refractivity contribution in [1.29, 1.82) is 0 Å². The summed E-state index contributed by atoms with van der Waals surface area (Å²) >= 11 is 0. The first kappa shape index (κ1) is 21.4. The summed E-state index contributed by atoms with van der Waals surface area (Å²) in [6, 6.07) is 16.1. The van der Waals surface area contributed by atoms with Gasteiger partial charge >= 0.3 is 0 Å². The zero-order valence-corrected chi connectivity index (χ0v) is 16.7. The maximum atomic E-state index is 13.4. The number of carbonyl (C=O) groups is 1. The number of para-hydroxylation sites is 1. The molecular weight excluding hydrogens is 410 g/mol. The molecule has 1 atom stereocenters. The Morgan fingerprint density at radius 3 is 2.40 bits per heavy atom. The number of hydrogen-bond donors (Lipinski definition) is 2. The molecule has 0 aliphatic carbocycles. The zero-order valence-electron chi connectivity index (χ0n) is 15.9. The predicted molar refractivity (Wildman–Crippen MR) is 109 cm³/mol. The molecule has 1 amide bonds. The van der Waals surface area contributed by atoms with E-state index in [2.05, 4.69) is 0 Å². The van der Waals surface area contributed by atoms with E-state index in [1.165, 1.54) is 42.7 Å². The summed E-state index contributed by atoms with van der Waals surface area (Å²) in [6.07, 6.45) is 0. The molecule has 0 saturated heterocycles. The number of fused-ring (bicyclic) bond motifs is 1. The quantitative estimate of drug-likeness (QED) is 0.337. The Labute approximate surface area is 172 Å². The van der Waals surface area contributed by atoms with E-state index >= 15 is 0 Å². The van der Waals surface area contributed by atoms with E-state index in [1.807, 2.05) is 12.1 Å². The van der Waals surface area contributed by atoms with Gasteiger partial charge in [0.05, 0.1) is 9.82 Å². The van der Waals surface area contributed by atoms with Crippen LogP contribution < -0.4 is 5.48 Å². The van der Waals surface area contributed by atoms with Gasteiger partial charge in [-0.25, -0.2) is 13.9 Å². The van der Waals surface area contributed by atoms with E-state index in [4.69, 9.17) is 5.21 Å². The summed E-state index contributed by atoms with van der Waals surface area (Å²) in [5.74, 6) is -0.960. The fraction of sp³-hybridized carbons (Fsp3) is 0.150. The number of nitro groups is 1. The van der Waals surface area contributed by atoms with Crippen LogP contribution in [0.25, 0.3) is 10.8 Å². The van der Waals surface area contributed by atoms with Crippen molar-refractivity contribution in [1.82, 2.24) is 9.79 Å². The van der Waals surface area contributed by atoms with Gasteiger partial charge in [-0.2, -0.15) is 4.31 Å². The normalized spacial score (nSPS) is 12.6. The van der Waals surface area contributed by atoms with Gasteiger partial charge in [0, 0.05) is 18.2 Å². The number of amides is 1. The van der Waals surface area contributed by atoms with E-state index in [1.54, 1.807) is 24.3 Å². The third-order valence-electron chi connectivity index (χ3n) is 4.76. The fourth-order valence-corrected chi connectivity index (χ4v) is 4.72. The van der Waals surface area contributed by atoms with Gasteiger partial charge < -0.3 is 0 Å². The standard InChI is InChI=1S/C20H19N3O6S/c1-14(20(24)21-25)22(13-17-8-4-5-9-19(17)23(26)27)30(28,29)18-11-10-15-6-2-3-7-16(15)12-18/h2-12,14,25H,13H2,1H3,(H,21,24). The molecule has 30 heavy (non-hydrogen) atoms. The van der Waals surface area contributed by atoms with Crippen LogP contribution in [0.4, 0.5) is 5.69 Å². The first-order chi connectivity index (χ1) is 14.3. The maximum absolute atomic E-state index is 13.4. The minimum atomic E-state index is -4.25. The number of sulfonamides is 1. The Balaban J connectivity index is 2.11. The number of benzene rings is 3. The van der Waals surface area contributed by atoms with Crippen molar-refractivity contribution in [3.63, 3.8) is 0 Å². The molecule has 10 heteroatoms. The van der Waals surface area contributed by atoms with Crippen LogP contribution in [0, 0.1) is 10.1 Å². The fourth-order valence-electron chi connectivity index (χ4n) is 3.11. The van der Waals surface area contributed by atoms with Crippen molar-refractivity contribution in [2.75, 3.05) is 0 Å². The molecular formula is C20H19N3O6S. The monoisotopic (exact) mass is 429 g/mol. The molecule has 0 radical (unpaired) electrons. The highest BCUT2D eigenvalue weighted by atomic mass is 32.2. The summed E-state index contributed by atoms with van der Waals surface area (Å²) in [5, 5.41) is 21.9. The molecule has 0 fully saturated rings. The molecule has 9 nitrogen and oxygen atoms in total. The van der Waals surface area contributed by atoms with E-state index in [0.29, 0.717) is 5.39 Å². The van der Waals surface area contributed by atoms with Crippen molar-refractivity contribution in [2.24, 2.45) is 0 Å². The van der Waals surface area contributed by atoms with Gasteiger partial charge in [0.15, 0.2) is 0 Å². The van der Waals surface area contributed by atoms with Crippen LogP contribution in [0.3, 0.4) is 0 Å². The third kappa shape index (κ3) is 4.15. The van der Waals surface area contributed by atoms with Crippen LogP contribution >= 0.6 is 0 Å². The maximum Gasteiger partial charge on any atom is 0.273 e. The van der Waals surface area contributed by atoms with Crippen LogP contribution in [0.2, 0.25) is 0 Å². The number of nitrogens with one attached hydrogen (secondary N) is 1. The molecule has 156 valence electrons. The summed E-state index contributed by atoms with van der Waals surface area (Å²) in [4.78, 5) is 22.7. The van der Waals surface area contributed by atoms with E-state index in [-0.39, 0.29) is 16.1 Å². The summed E-state index contributed by atoms with van der Waals surface area (Å²) < 4.78 is 27.7. The van der Waals surface area contributed by atoms with Gasteiger partial charge in [-0.05, 0) is 29.8 Å². The van der Waals surface area contributed by atoms with Crippen LogP contribution in [-0.2, 0) is 21.4 Å². The summed E-state index contributed by atoms with van der Waals surface area (Å²) in [5.41, 5.74) is 1.29. The largest absolute Gasteiger partial charge is 0.289 e. The highest BCUT2D eigenvalue weighted by Gasteiger charge is 2.34. The number of hydroxylamine groups is 1. The molecule has 1 unspecified atom stereocenters. The Morgan fingerprint density at radius 2 is 1.73 bits per heavy atom. The van der Waals surface area contributed by atoms with Crippen LogP contribution in [0.15, 0.2) is 71.6 Å². The molecule has 0 aliphatic heterocycles. The van der Waals surface area contributed by atoms with Crippen LogP contribution in [0.5, 0.6) is 0 Å². The van der Waals surface area contributed by atoms with Crippen molar-refractivity contribution in [2.45, 2.75) is 24.4 Å². The number of nitro benzene ring substituents is 1. The SMILES string of the molecule is CC(C(=O)NO)N(Cc1ccccc1[N+](=O)[O-])S(=O)(=O)c1ccc2ccccc2c1. The lowest BCUT2D eigenvalue weighted by molar-refractivity contribution is -0.385. The van der Waals surface area contributed by atoms with Crippen molar-refractivity contribution >= 4 is 32.4 Å². The molecule has 3 rings (SSSR count). The van der Waals surface area contributed by atoms with E-state index in [9.17, 15) is 23.3 Å². The highest BCUT2D eigenvalue weighted by Crippen LogP contribution is 2.27. The molecule has 0 spiro atoms. The predicted octanol–water partition coefficient (Wildman–Crippen LogP) is 2.83. The van der Waals surface area contributed by atoms with E-state index in [0.717, 1.165) is 9.69 Å². The Bertz CT molecular complexity index is 1210. The summed E-state index contributed by atoms with van der Waals surface area (Å²) in [7, 11) is -4.25. The minimum Gasteiger partial charge on any atom is -0.289 e. The average Bonchev–Trinajstić information content (AvgIpc) is 2.76. The van der Waals surface area contributed by atoms with Gasteiger partial charge in [-0.3, -0.25) is 20.1 Å². The molecule has 0 bridgehead atoms. The highest BCUT2D eigenvalue weighted by molar-refractivity contribution is 7.89. The number of carbonyl (C=O) groups excluding carboxylic acids is 1. The van der Waals surface area contributed by atoms with Gasteiger partial charge in [0.25, 0.3) is 11.6 Å². The Hall–Kier alpha value is -3.34. The molecule has 0 heterocycles. The third-order valence-corrected chi connectivity index (χ3v) is 6.68. The second kappa shape index (κ2) is 8.57. The van der Waals surface area contributed by atoms with Gasteiger partial charge in [-0.1, -0.05) is 48.5 Å². The van der Waals surface area contributed by atoms with Crippen LogP contribution in [-0.4, -0.2) is 34.8 Å².